The van der Waals surface area contributed by atoms with Crippen LogP contribution in [-0.2, 0) is 4.79 Å². The highest BCUT2D eigenvalue weighted by Crippen LogP contribution is 2.40. The molecule has 3 rings (SSSR count). The van der Waals surface area contributed by atoms with E-state index in [4.69, 9.17) is 5.73 Å². The van der Waals surface area contributed by atoms with Crippen LogP contribution in [0.5, 0.6) is 0 Å². The minimum atomic E-state index is -0.271. The standard InChI is InChI=1S/C15H26N2O.ClH/c1-15(16)8-3-2-7-13(15)14(18)17-9-11-5-4-6-12(11)10-17;/h11-13H,2-10,16H2,1H3;1H. The van der Waals surface area contributed by atoms with Crippen LogP contribution < -0.4 is 5.73 Å². The molecule has 0 aromatic carbocycles. The molecule has 0 radical (unpaired) electrons. The number of likely N-dealkylation sites (tertiary alicyclic amines) is 1. The number of hydrogen-bond donors (Lipinski definition) is 1. The van der Waals surface area contributed by atoms with Gasteiger partial charge in [-0.2, -0.15) is 0 Å². The quantitative estimate of drug-likeness (QED) is 0.805. The van der Waals surface area contributed by atoms with Crippen LogP contribution in [0.25, 0.3) is 0 Å². The molecule has 1 amide bonds. The summed E-state index contributed by atoms with van der Waals surface area (Å²) in [5.41, 5.74) is 6.09. The summed E-state index contributed by atoms with van der Waals surface area (Å²) in [4.78, 5) is 14.8. The lowest BCUT2D eigenvalue weighted by Crippen LogP contribution is -2.53. The van der Waals surface area contributed by atoms with E-state index in [1.807, 2.05) is 0 Å². The molecule has 3 aliphatic rings. The normalized spacial score (nSPS) is 41.8. The molecule has 0 aromatic heterocycles. The van der Waals surface area contributed by atoms with Gasteiger partial charge in [-0.15, -0.1) is 12.4 Å². The predicted octanol–water partition coefficient (Wildman–Crippen LogP) is 2.57. The second-order valence-electron chi connectivity index (χ2n) is 7.00. The predicted molar refractivity (Wildman–Crippen MR) is 79.2 cm³/mol. The molecule has 110 valence electrons. The molecular formula is C15H27ClN2O. The van der Waals surface area contributed by atoms with Crippen LogP contribution in [0.3, 0.4) is 0 Å². The first-order valence-electron chi connectivity index (χ1n) is 7.65. The van der Waals surface area contributed by atoms with Crippen LogP contribution in [0.2, 0.25) is 0 Å². The van der Waals surface area contributed by atoms with Gasteiger partial charge in [-0.3, -0.25) is 4.79 Å². The van der Waals surface area contributed by atoms with Gasteiger partial charge in [-0.1, -0.05) is 19.3 Å². The number of carbonyl (C=O) groups excluding carboxylic acids is 1. The van der Waals surface area contributed by atoms with Crippen molar-refractivity contribution in [3.8, 4) is 0 Å². The van der Waals surface area contributed by atoms with Crippen LogP contribution in [0.1, 0.15) is 51.9 Å². The van der Waals surface area contributed by atoms with Crippen LogP contribution in [0.4, 0.5) is 0 Å². The highest BCUT2D eigenvalue weighted by atomic mass is 35.5. The number of halogens is 1. The third-order valence-corrected chi connectivity index (χ3v) is 5.59. The van der Waals surface area contributed by atoms with Gasteiger partial charge in [0, 0.05) is 18.6 Å². The molecule has 2 N–H and O–H groups in total. The maximum Gasteiger partial charge on any atom is 0.227 e. The number of hydrogen-bond acceptors (Lipinski definition) is 2. The molecule has 4 atom stereocenters. The highest BCUT2D eigenvalue weighted by Gasteiger charge is 2.44. The van der Waals surface area contributed by atoms with Crippen LogP contribution >= 0.6 is 12.4 Å². The van der Waals surface area contributed by atoms with E-state index in [1.165, 1.54) is 32.1 Å². The van der Waals surface area contributed by atoms with Gasteiger partial charge >= 0.3 is 0 Å². The molecular weight excluding hydrogens is 260 g/mol. The number of amides is 1. The van der Waals surface area contributed by atoms with Gasteiger partial charge in [0.2, 0.25) is 5.91 Å². The van der Waals surface area contributed by atoms with Crippen LogP contribution in [0, 0.1) is 17.8 Å². The lowest BCUT2D eigenvalue weighted by atomic mass is 9.74. The molecule has 2 saturated carbocycles. The van der Waals surface area contributed by atoms with E-state index in [1.54, 1.807) is 0 Å². The Kier molecular flexibility index (Phi) is 4.46. The molecule has 3 nitrogen and oxygen atoms in total. The summed E-state index contributed by atoms with van der Waals surface area (Å²) in [6, 6.07) is 0. The summed E-state index contributed by atoms with van der Waals surface area (Å²) in [6.45, 7) is 4.10. The number of nitrogens with zero attached hydrogens (tertiary/aromatic N) is 1. The van der Waals surface area contributed by atoms with Gasteiger partial charge in [0.25, 0.3) is 0 Å². The summed E-state index contributed by atoms with van der Waals surface area (Å²) in [5, 5.41) is 0. The molecule has 2 aliphatic carbocycles. The molecule has 4 heteroatoms. The zero-order chi connectivity index (χ0) is 12.8. The van der Waals surface area contributed by atoms with Gasteiger partial charge < -0.3 is 10.6 Å². The first kappa shape index (κ1) is 15.1. The Hall–Kier alpha value is -0.280. The summed E-state index contributed by atoms with van der Waals surface area (Å²) in [7, 11) is 0. The second kappa shape index (κ2) is 5.61. The first-order valence-corrected chi connectivity index (χ1v) is 7.65. The summed E-state index contributed by atoms with van der Waals surface area (Å²) in [5.74, 6) is 2.02. The van der Waals surface area contributed by atoms with Crippen molar-refractivity contribution < 1.29 is 4.79 Å². The van der Waals surface area contributed by atoms with Crippen molar-refractivity contribution in [3.05, 3.63) is 0 Å². The Morgan fingerprint density at radius 3 is 2.32 bits per heavy atom. The molecule has 0 aromatic rings. The third kappa shape index (κ3) is 2.78. The molecule has 1 heterocycles. The van der Waals surface area contributed by atoms with Gasteiger partial charge in [0.15, 0.2) is 0 Å². The fourth-order valence-electron chi connectivity index (χ4n) is 4.40. The van der Waals surface area contributed by atoms with Gasteiger partial charge in [0.05, 0.1) is 5.92 Å². The summed E-state index contributed by atoms with van der Waals surface area (Å²) < 4.78 is 0. The first-order chi connectivity index (χ1) is 8.58. The van der Waals surface area contributed by atoms with E-state index in [0.717, 1.165) is 37.8 Å². The van der Waals surface area contributed by atoms with Crippen molar-refractivity contribution in [2.24, 2.45) is 23.5 Å². The average molecular weight is 287 g/mol. The maximum atomic E-state index is 12.7. The smallest absolute Gasteiger partial charge is 0.227 e. The number of nitrogens with two attached hydrogens (primary N) is 1. The summed E-state index contributed by atoms with van der Waals surface area (Å²) >= 11 is 0. The highest BCUT2D eigenvalue weighted by molar-refractivity contribution is 5.85. The Bertz CT molecular complexity index is 333. The number of carbonyl (C=O) groups is 1. The average Bonchev–Trinajstić information content (AvgIpc) is 2.87. The molecule has 19 heavy (non-hydrogen) atoms. The molecule has 1 aliphatic heterocycles. The Balaban J connectivity index is 0.00000133. The lowest BCUT2D eigenvalue weighted by Gasteiger charge is -2.39. The minimum Gasteiger partial charge on any atom is -0.342 e. The molecule has 1 saturated heterocycles. The zero-order valence-corrected chi connectivity index (χ0v) is 12.8. The van der Waals surface area contributed by atoms with Crippen molar-refractivity contribution in [3.63, 3.8) is 0 Å². The molecule has 3 fully saturated rings. The second-order valence-corrected chi connectivity index (χ2v) is 7.00. The Labute approximate surface area is 122 Å². The van der Waals surface area contributed by atoms with Crippen LogP contribution in [0.15, 0.2) is 0 Å². The topological polar surface area (TPSA) is 46.3 Å². The van der Waals surface area contributed by atoms with E-state index in [0.29, 0.717) is 5.91 Å². The molecule has 0 spiro atoms. The van der Waals surface area contributed by atoms with E-state index in [9.17, 15) is 4.79 Å². The minimum absolute atomic E-state index is 0. The van der Waals surface area contributed by atoms with Gasteiger partial charge in [-0.25, -0.2) is 0 Å². The number of fused-ring (bicyclic) bond motifs is 1. The third-order valence-electron chi connectivity index (χ3n) is 5.59. The fourth-order valence-corrected chi connectivity index (χ4v) is 4.40. The zero-order valence-electron chi connectivity index (χ0n) is 11.9. The Morgan fingerprint density at radius 1 is 1.11 bits per heavy atom. The van der Waals surface area contributed by atoms with E-state index < -0.39 is 0 Å². The molecule has 4 unspecified atom stereocenters. The van der Waals surface area contributed by atoms with Gasteiger partial charge in [0.1, 0.15) is 0 Å². The largest absolute Gasteiger partial charge is 0.342 e. The van der Waals surface area contributed by atoms with Crippen molar-refractivity contribution >= 4 is 18.3 Å². The van der Waals surface area contributed by atoms with Gasteiger partial charge in [-0.05, 0) is 44.4 Å². The van der Waals surface area contributed by atoms with Crippen molar-refractivity contribution in [2.75, 3.05) is 13.1 Å². The maximum absolute atomic E-state index is 12.7. The van der Waals surface area contributed by atoms with Crippen molar-refractivity contribution in [1.29, 1.82) is 0 Å². The van der Waals surface area contributed by atoms with Crippen molar-refractivity contribution in [1.82, 2.24) is 4.90 Å². The van der Waals surface area contributed by atoms with Crippen molar-refractivity contribution in [2.45, 2.75) is 57.4 Å². The van der Waals surface area contributed by atoms with Crippen LogP contribution in [-0.4, -0.2) is 29.4 Å². The fraction of sp³-hybridized carbons (Fsp3) is 0.933. The lowest BCUT2D eigenvalue weighted by molar-refractivity contribution is -0.138. The summed E-state index contributed by atoms with van der Waals surface area (Å²) in [6.07, 6.45) is 8.39. The van der Waals surface area contributed by atoms with E-state index in [-0.39, 0.29) is 23.9 Å². The molecule has 0 bridgehead atoms. The monoisotopic (exact) mass is 286 g/mol. The Morgan fingerprint density at radius 2 is 1.74 bits per heavy atom. The van der Waals surface area contributed by atoms with E-state index in [2.05, 4.69) is 11.8 Å². The SMILES string of the molecule is CC1(N)CCCCC1C(=O)N1CC2CCCC2C1.Cl. The van der Waals surface area contributed by atoms with E-state index >= 15 is 0 Å². The number of rotatable bonds is 1.